The molecule has 2 rings (SSSR count). The third kappa shape index (κ3) is 2.38. The zero-order valence-corrected chi connectivity index (χ0v) is 9.18. The molecule has 0 amide bonds. The molecule has 0 aliphatic carbocycles. The molecule has 1 aliphatic heterocycles. The fraction of sp³-hybridized carbons (Fsp3) is 0.600. The van der Waals surface area contributed by atoms with Crippen molar-refractivity contribution in [3.8, 4) is 0 Å². The molecule has 1 N–H and O–H groups in total. The maximum Gasteiger partial charge on any atom is 0.222 e. The summed E-state index contributed by atoms with van der Waals surface area (Å²) in [5.74, 6) is 2.02. The van der Waals surface area contributed by atoms with Gasteiger partial charge in [0.15, 0.2) is 0 Å². The molecule has 1 unspecified atom stereocenters. The first-order valence-corrected chi connectivity index (χ1v) is 5.92. The second kappa shape index (κ2) is 4.17. The van der Waals surface area contributed by atoms with E-state index in [-0.39, 0.29) is 0 Å². The van der Waals surface area contributed by atoms with Gasteiger partial charge < -0.3 is 5.32 Å². The molecule has 1 aromatic rings. The Bertz CT molecular complexity index is 283. The normalized spacial score (nSPS) is 26.4. The Kier molecular flexibility index (Phi) is 2.91. The molecule has 0 aromatic carbocycles. The lowest BCUT2D eigenvalue weighted by molar-refractivity contribution is 0.632. The average Bonchev–Trinajstić information content (AvgIpc) is 2.65. The number of rotatable bonds is 3. The van der Waals surface area contributed by atoms with Crippen LogP contribution in [0.15, 0.2) is 18.5 Å². The van der Waals surface area contributed by atoms with Crippen molar-refractivity contribution >= 4 is 17.7 Å². The van der Waals surface area contributed by atoms with Gasteiger partial charge in [-0.2, -0.15) is 11.8 Å². The lowest BCUT2D eigenvalue weighted by Crippen LogP contribution is -2.27. The minimum absolute atomic E-state index is 0.374. The van der Waals surface area contributed by atoms with Gasteiger partial charge in [-0.15, -0.1) is 0 Å². The van der Waals surface area contributed by atoms with E-state index in [9.17, 15) is 0 Å². The van der Waals surface area contributed by atoms with Crippen LogP contribution in [0.5, 0.6) is 0 Å². The second-order valence-corrected chi connectivity index (χ2v) is 5.51. The van der Waals surface area contributed by atoms with Gasteiger partial charge in [-0.25, -0.2) is 9.97 Å². The van der Waals surface area contributed by atoms with Crippen molar-refractivity contribution in [3.05, 3.63) is 18.5 Å². The number of nitrogens with one attached hydrogen (secondary N) is 1. The topological polar surface area (TPSA) is 37.8 Å². The Balaban J connectivity index is 1.88. The Morgan fingerprint density at radius 1 is 1.50 bits per heavy atom. The van der Waals surface area contributed by atoms with Gasteiger partial charge in [-0.05, 0) is 31.6 Å². The van der Waals surface area contributed by atoms with Crippen LogP contribution in [0.25, 0.3) is 0 Å². The van der Waals surface area contributed by atoms with Crippen molar-refractivity contribution in [1.29, 1.82) is 0 Å². The quantitative estimate of drug-likeness (QED) is 0.828. The Morgan fingerprint density at radius 3 is 2.93 bits per heavy atom. The van der Waals surface area contributed by atoms with Crippen molar-refractivity contribution < 1.29 is 0 Å². The van der Waals surface area contributed by atoms with Crippen molar-refractivity contribution in [1.82, 2.24) is 9.97 Å². The summed E-state index contributed by atoms with van der Waals surface area (Å²) in [5, 5.41) is 3.28. The zero-order chi connectivity index (χ0) is 9.86. The third-order valence-electron chi connectivity index (χ3n) is 2.49. The molecule has 2 heterocycles. The zero-order valence-electron chi connectivity index (χ0n) is 8.36. The van der Waals surface area contributed by atoms with Crippen LogP contribution in [-0.4, -0.2) is 27.0 Å². The van der Waals surface area contributed by atoms with E-state index >= 15 is 0 Å². The summed E-state index contributed by atoms with van der Waals surface area (Å²) in [7, 11) is 0. The third-order valence-corrected chi connectivity index (χ3v) is 4.02. The Hall–Kier alpha value is -0.770. The molecular formula is C10H15N3S. The van der Waals surface area contributed by atoms with Crippen molar-refractivity contribution in [2.75, 3.05) is 17.6 Å². The van der Waals surface area contributed by atoms with Gasteiger partial charge in [0.1, 0.15) is 0 Å². The predicted molar refractivity (Wildman–Crippen MR) is 60.6 cm³/mol. The van der Waals surface area contributed by atoms with E-state index in [1.807, 2.05) is 17.8 Å². The highest BCUT2D eigenvalue weighted by molar-refractivity contribution is 8.00. The van der Waals surface area contributed by atoms with E-state index in [4.69, 9.17) is 0 Å². The van der Waals surface area contributed by atoms with E-state index in [0.717, 1.165) is 12.5 Å². The molecule has 0 radical (unpaired) electrons. The van der Waals surface area contributed by atoms with Crippen molar-refractivity contribution in [2.24, 2.45) is 0 Å². The summed E-state index contributed by atoms with van der Waals surface area (Å²) < 4.78 is 0.374. The minimum Gasteiger partial charge on any atom is -0.353 e. The Morgan fingerprint density at radius 2 is 2.29 bits per heavy atom. The Labute approximate surface area is 88.7 Å². The smallest absolute Gasteiger partial charge is 0.222 e. The van der Waals surface area contributed by atoms with Crippen LogP contribution < -0.4 is 5.32 Å². The molecule has 1 atom stereocenters. The summed E-state index contributed by atoms with van der Waals surface area (Å²) >= 11 is 2.05. The van der Waals surface area contributed by atoms with Crippen LogP contribution in [-0.2, 0) is 0 Å². The molecule has 1 aromatic heterocycles. The number of aromatic nitrogens is 2. The highest BCUT2D eigenvalue weighted by atomic mass is 32.2. The van der Waals surface area contributed by atoms with Gasteiger partial charge in [0.2, 0.25) is 5.95 Å². The van der Waals surface area contributed by atoms with Gasteiger partial charge in [-0.3, -0.25) is 0 Å². The largest absolute Gasteiger partial charge is 0.353 e. The van der Waals surface area contributed by atoms with E-state index in [1.54, 1.807) is 12.4 Å². The first kappa shape index (κ1) is 9.77. The number of hydrogen-bond donors (Lipinski definition) is 1. The summed E-state index contributed by atoms with van der Waals surface area (Å²) in [6.45, 7) is 3.27. The predicted octanol–water partition coefficient (Wildman–Crippen LogP) is 2.17. The molecule has 0 bridgehead atoms. The number of anilines is 1. The molecule has 76 valence electrons. The standard InChI is InChI=1S/C10H15N3S/c1-10(4-2-7-14-10)8-13-9-11-5-3-6-12-9/h3,5-6H,2,4,7-8H2,1H3,(H,11,12,13). The van der Waals surface area contributed by atoms with E-state index < -0.39 is 0 Å². The highest BCUT2D eigenvalue weighted by Gasteiger charge is 2.29. The number of nitrogens with zero attached hydrogens (tertiary/aromatic N) is 2. The lowest BCUT2D eigenvalue weighted by atomic mass is 10.1. The second-order valence-electron chi connectivity index (χ2n) is 3.83. The monoisotopic (exact) mass is 209 g/mol. The minimum atomic E-state index is 0.374. The lowest BCUT2D eigenvalue weighted by Gasteiger charge is -2.22. The van der Waals surface area contributed by atoms with Crippen molar-refractivity contribution in [3.63, 3.8) is 0 Å². The first-order valence-electron chi connectivity index (χ1n) is 4.93. The summed E-state index contributed by atoms with van der Waals surface area (Å²) in [5.41, 5.74) is 0. The SMILES string of the molecule is CC1(CNc2ncccn2)CCCS1. The maximum atomic E-state index is 4.14. The summed E-state index contributed by atoms with van der Waals surface area (Å²) in [6.07, 6.45) is 6.15. The van der Waals surface area contributed by atoms with Gasteiger partial charge in [-0.1, -0.05) is 0 Å². The molecule has 4 heteroatoms. The summed E-state index contributed by atoms with van der Waals surface area (Å²) in [4.78, 5) is 8.28. The number of hydrogen-bond acceptors (Lipinski definition) is 4. The van der Waals surface area contributed by atoms with Crippen LogP contribution in [0.4, 0.5) is 5.95 Å². The molecule has 1 aliphatic rings. The van der Waals surface area contributed by atoms with Crippen LogP contribution in [0, 0.1) is 0 Å². The van der Waals surface area contributed by atoms with Crippen LogP contribution >= 0.6 is 11.8 Å². The van der Waals surface area contributed by atoms with Crippen LogP contribution in [0.1, 0.15) is 19.8 Å². The van der Waals surface area contributed by atoms with E-state index in [2.05, 4.69) is 22.2 Å². The highest BCUT2D eigenvalue weighted by Crippen LogP contribution is 2.37. The first-order chi connectivity index (χ1) is 6.79. The molecular weight excluding hydrogens is 194 g/mol. The van der Waals surface area contributed by atoms with Gasteiger partial charge in [0, 0.05) is 23.7 Å². The van der Waals surface area contributed by atoms with Gasteiger partial charge >= 0.3 is 0 Å². The maximum absolute atomic E-state index is 4.14. The molecule has 14 heavy (non-hydrogen) atoms. The van der Waals surface area contributed by atoms with Crippen LogP contribution in [0.3, 0.4) is 0 Å². The van der Waals surface area contributed by atoms with Crippen LogP contribution in [0.2, 0.25) is 0 Å². The summed E-state index contributed by atoms with van der Waals surface area (Å²) in [6, 6.07) is 1.83. The molecule has 0 spiro atoms. The molecule has 1 saturated heterocycles. The molecule has 0 saturated carbocycles. The van der Waals surface area contributed by atoms with Gasteiger partial charge in [0.25, 0.3) is 0 Å². The van der Waals surface area contributed by atoms with Crippen molar-refractivity contribution in [2.45, 2.75) is 24.5 Å². The fourth-order valence-electron chi connectivity index (χ4n) is 1.63. The van der Waals surface area contributed by atoms with E-state index in [0.29, 0.717) is 4.75 Å². The average molecular weight is 209 g/mol. The fourth-order valence-corrected chi connectivity index (χ4v) is 2.88. The number of thioether (sulfide) groups is 1. The van der Waals surface area contributed by atoms with Gasteiger partial charge in [0.05, 0.1) is 0 Å². The van der Waals surface area contributed by atoms with E-state index in [1.165, 1.54) is 18.6 Å². The molecule has 3 nitrogen and oxygen atoms in total. The molecule has 1 fully saturated rings.